The van der Waals surface area contributed by atoms with E-state index < -0.39 is 0 Å². The van der Waals surface area contributed by atoms with Gasteiger partial charge in [0.25, 0.3) is 0 Å². The fourth-order valence-corrected chi connectivity index (χ4v) is 3.10. The molecule has 0 aliphatic rings. The molecule has 3 aromatic rings. The number of carbonyl (C=O) groups excluding carboxylic acids is 1. The number of hydrogen-bond donors (Lipinski definition) is 2. The molecule has 3 rings (SSSR count). The van der Waals surface area contributed by atoms with Crippen molar-refractivity contribution in [1.29, 1.82) is 0 Å². The number of amides is 1. The topological polar surface area (TPSA) is 92.9 Å². The summed E-state index contributed by atoms with van der Waals surface area (Å²) in [5, 5.41) is 9.77. The third kappa shape index (κ3) is 4.42. The first-order valence-corrected chi connectivity index (χ1v) is 8.76. The molecule has 0 spiro atoms. The number of furan rings is 1. The summed E-state index contributed by atoms with van der Waals surface area (Å²) in [4.78, 5) is 24.0. The molecule has 2 heterocycles. The lowest BCUT2D eigenvalue weighted by Crippen LogP contribution is -2.28. The molecule has 0 aliphatic carbocycles. The first-order valence-electron chi connectivity index (χ1n) is 7.78. The van der Waals surface area contributed by atoms with Crippen LogP contribution in [0.25, 0.3) is 0 Å². The minimum Gasteiger partial charge on any atom is -0.467 e. The maximum absolute atomic E-state index is 12.1. The Hall–Kier alpha value is -2.74. The SMILES string of the molecule is C[C@H](NC(=O)CSc1n[nH]c(=O)n1Cc1ccccc1)c1ccco1. The fourth-order valence-electron chi connectivity index (χ4n) is 2.34. The van der Waals surface area contributed by atoms with Gasteiger partial charge in [0.15, 0.2) is 5.16 Å². The number of hydrogen-bond acceptors (Lipinski definition) is 5. The number of aromatic amines is 1. The summed E-state index contributed by atoms with van der Waals surface area (Å²) < 4.78 is 6.78. The molecule has 130 valence electrons. The molecule has 2 aromatic heterocycles. The van der Waals surface area contributed by atoms with Crippen molar-refractivity contribution in [3.8, 4) is 0 Å². The second-order valence-corrected chi connectivity index (χ2v) is 6.42. The summed E-state index contributed by atoms with van der Waals surface area (Å²) in [6.45, 7) is 2.25. The van der Waals surface area contributed by atoms with Crippen LogP contribution in [0.2, 0.25) is 0 Å². The summed E-state index contributed by atoms with van der Waals surface area (Å²) in [5.41, 5.74) is 0.694. The van der Waals surface area contributed by atoms with Crippen LogP contribution >= 0.6 is 11.8 Å². The van der Waals surface area contributed by atoms with Gasteiger partial charge in [-0.2, -0.15) is 0 Å². The van der Waals surface area contributed by atoms with E-state index >= 15 is 0 Å². The Morgan fingerprint density at radius 1 is 1.32 bits per heavy atom. The second-order valence-electron chi connectivity index (χ2n) is 5.48. The van der Waals surface area contributed by atoms with Crippen molar-refractivity contribution < 1.29 is 9.21 Å². The molecule has 7 nitrogen and oxygen atoms in total. The average Bonchev–Trinajstić information content (AvgIpc) is 3.26. The van der Waals surface area contributed by atoms with E-state index in [2.05, 4.69) is 15.5 Å². The third-order valence-corrected chi connectivity index (χ3v) is 4.56. The summed E-state index contributed by atoms with van der Waals surface area (Å²) in [7, 11) is 0. The number of H-pyrrole nitrogens is 1. The third-order valence-electron chi connectivity index (χ3n) is 3.59. The Morgan fingerprint density at radius 3 is 2.84 bits per heavy atom. The predicted octanol–water partition coefficient (Wildman–Crippen LogP) is 2.18. The van der Waals surface area contributed by atoms with Crippen LogP contribution in [0.4, 0.5) is 0 Å². The largest absolute Gasteiger partial charge is 0.467 e. The van der Waals surface area contributed by atoms with Crippen molar-refractivity contribution >= 4 is 17.7 Å². The van der Waals surface area contributed by atoms with Crippen molar-refractivity contribution in [2.24, 2.45) is 0 Å². The smallest absolute Gasteiger partial charge is 0.344 e. The van der Waals surface area contributed by atoms with Gasteiger partial charge in [-0.3, -0.25) is 9.36 Å². The molecule has 8 heteroatoms. The second kappa shape index (κ2) is 7.89. The molecule has 0 fully saturated rings. The normalized spacial score (nSPS) is 12.0. The van der Waals surface area contributed by atoms with Crippen LogP contribution in [0.15, 0.2) is 63.1 Å². The van der Waals surface area contributed by atoms with Crippen molar-refractivity contribution in [1.82, 2.24) is 20.1 Å². The van der Waals surface area contributed by atoms with Gasteiger partial charge in [0.2, 0.25) is 5.91 Å². The van der Waals surface area contributed by atoms with Gasteiger partial charge >= 0.3 is 5.69 Å². The number of carbonyl (C=O) groups is 1. The Labute approximate surface area is 148 Å². The van der Waals surface area contributed by atoms with E-state index in [9.17, 15) is 9.59 Å². The highest BCUT2D eigenvalue weighted by Crippen LogP contribution is 2.16. The lowest BCUT2D eigenvalue weighted by Gasteiger charge is -2.11. The summed E-state index contributed by atoms with van der Waals surface area (Å²) >= 11 is 1.21. The molecule has 0 saturated heterocycles. The van der Waals surface area contributed by atoms with Gasteiger partial charge in [-0.05, 0) is 24.6 Å². The number of nitrogens with one attached hydrogen (secondary N) is 2. The molecule has 0 radical (unpaired) electrons. The molecule has 0 saturated carbocycles. The van der Waals surface area contributed by atoms with Gasteiger partial charge < -0.3 is 9.73 Å². The first-order chi connectivity index (χ1) is 12.1. The Kier molecular flexibility index (Phi) is 5.39. The molecule has 25 heavy (non-hydrogen) atoms. The monoisotopic (exact) mass is 358 g/mol. The van der Waals surface area contributed by atoms with Gasteiger partial charge in [-0.15, -0.1) is 5.10 Å². The van der Waals surface area contributed by atoms with Crippen LogP contribution < -0.4 is 11.0 Å². The quantitative estimate of drug-likeness (QED) is 0.632. The van der Waals surface area contributed by atoms with Gasteiger partial charge in [0.1, 0.15) is 5.76 Å². The Bertz CT molecular complexity index is 871. The van der Waals surface area contributed by atoms with Crippen molar-refractivity contribution in [2.45, 2.75) is 24.7 Å². The average molecular weight is 358 g/mol. The van der Waals surface area contributed by atoms with E-state index in [0.29, 0.717) is 17.5 Å². The summed E-state index contributed by atoms with van der Waals surface area (Å²) in [5.74, 6) is 0.694. The molecule has 2 N–H and O–H groups in total. The van der Waals surface area contributed by atoms with E-state index in [-0.39, 0.29) is 23.4 Å². The van der Waals surface area contributed by atoms with Crippen LogP contribution in [0.1, 0.15) is 24.3 Å². The first kappa shape index (κ1) is 17.1. The highest BCUT2D eigenvalue weighted by atomic mass is 32.2. The van der Waals surface area contributed by atoms with Crippen LogP contribution in [0, 0.1) is 0 Å². The van der Waals surface area contributed by atoms with Gasteiger partial charge in [-0.25, -0.2) is 9.89 Å². The van der Waals surface area contributed by atoms with Crippen molar-refractivity contribution in [3.63, 3.8) is 0 Å². The lowest BCUT2D eigenvalue weighted by molar-refractivity contribution is -0.119. The maximum atomic E-state index is 12.1. The number of rotatable bonds is 7. The molecule has 0 unspecified atom stereocenters. The van der Waals surface area contributed by atoms with E-state index in [4.69, 9.17) is 4.42 Å². The van der Waals surface area contributed by atoms with Crippen molar-refractivity contribution in [3.05, 3.63) is 70.5 Å². The standard InChI is InChI=1S/C17H18N4O3S/c1-12(14-8-5-9-24-14)18-15(22)11-25-17-20-19-16(23)21(17)10-13-6-3-2-4-7-13/h2-9,12H,10-11H2,1H3,(H,18,22)(H,19,23)/t12-/m0/s1. The highest BCUT2D eigenvalue weighted by molar-refractivity contribution is 7.99. The molecular weight excluding hydrogens is 340 g/mol. The van der Waals surface area contributed by atoms with Crippen LogP contribution in [-0.2, 0) is 11.3 Å². The maximum Gasteiger partial charge on any atom is 0.344 e. The molecule has 1 atom stereocenters. The Morgan fingerprint density at radius 2 is 2.12 bits per heavy atom. The minimum atomic E-state index is -0.296. The van der Waals surface area contributed by atoms with Gasteiger partial charge in [-0.1, -0.05) is 42.1 Å². The molecule has 0 aliphatic heterocycles. The van der Waals surface area contributed by atoms with Crippen LogP contribution in [0.5, 0.6) is 0 Å². The predicted molar refractivity (Wildman–Crippen MR) is 94.4 cm³/mol. The van der Waals surface area contributed by atoms with Crippen LogP contribution in [0.3, 0.4) is 0 Å². The molecular formula is C17H18N4O3S. The van der Waals surface area contributed by atoms with Crippen molar-refractivity contribution in [2.75, 3.05) is 5.75 Å². The van der Waals surface area contributed by atoms with E-state index in [0.717, 1.165) is 5.56 Å². The molecule has 1 aromatic carbocycles. The van der Waals surface area contributed by atoms with E-state index in [1.165, 1.54) is 16.3 Å². The fraction of sp³-hybridized carbons (Fsp3) is 0.235. The lowest BCUT2D eigenvalue weighted by atomic mass is 10.2. The summed E-state index contributed by atoms with van der Waals surface area (Å²) in [6, 6.07) is 13.0. The number of nitrogens with zero attached hydrogens (tertiary/aromatic N) is 2. The van der Waals surface area contributed by atoms with Gasteiger partial charge in [0, 0.05) is 0 Å². The van der Waals surface area contributed by atoms with Crippen LogP contribution in [-0.4, -0.2) is 26.4 Å². The Balaban J connectivity index is 1.60. The highest BCUT2D eigenvalue weighted by Gasteiger charge is 2.15. The number of aromatic nitrogens is 3. The number of thioether (sulfide) groups is 1. The van der Waals surface area contributed by atoms with E-state index in [1.807, 2.05) is 43.3 Å². The molecule has 1 amide bonds. The summed E-state index contributed by atoms with van der Waals surface area (Å²) in [6.07, 6.45) is 1.57. The molecule has 0 bridgehead atoms. The zero-order chi connectivity index (χ0) is 17.6. The zero-order valence-electron chi connectivity index (χ0n) is 13.6. The van der Waals surface area contributed by atoms with Gasteiger partial charge in [0.05, 0.1) is 24.6 Å². The number of benzene rings is 1. The van der Waals surface area contributed by atoms with E-state index in [1.54, 1.807) is 12.3 Å². The zero-order valence-corrected chi connectivity index (χ0v) is 14.5. The minimum absolute atomic E-state index is 0.157.